The van der Waals surface area contributed by atoms with Crippen molar-refractivity contribution >= 4 is 34.8 Å². The number of halogens is 2. The van der Waals surface area contributed by atoms with Crippen LogP contribution in [0.3, 0.4) is 0 Å². The molecule has 3 aliphatic heterocycles. The smallest absolute Gasteiger partial charge is 0.237 e. The number of likely N-dealkylation sites (tertiary alicyclic amines) is 1. The summed E-state index contributed by atoms with van der Waals surface area (Å²) in [6, 6.07) is 3.90. The first-order valence-corrected chi connectivity index (χ1v) is 14.8. The van der Waals surface area contributed by atoms with Gasteiger partial charge in [0.15, 0.2) is 0 Å². The van der Waals surface area contributed by atoms with E-state index in [1.165, 1.54) is 32.2 Å². The average Bonchev–Trinajstić information content (AvgIpc) is 3.06. The van der Waals surface area contributed by atoms with Crippen LogP contribution in [-0.2, 0) is 14.9 Å². The molecule has 5 rings (SSSR count). The second-order valence-electron chi connectivity index (χ2n) is 12.7. The monoisotopic (exact) mass is 535 g/mol. The average molecular weight is 537 g/mol. The van der Waals surface area contributed by atoms with E-state index >= 15 is 0 Å². The van der Waals surface area contributed by atoms with Crippen LogP contribution in [0.25, 0.3) is 0 Å². The summed E-state index contributed by atoms with van der Waals surface area (Å²) in [5.41, 5.74) is 2.02. The summed E-state index contributed by atoms with van der Waals surface area (Å²) in [4.78, 5) is 21.0. The third-order valence-electron chi connectivity index (χ3n) is 9.54. The summed E-state index contributed by atoms with van der Waals surface area (Å²) >= 11 is 12.9. The quantitative estimate of drug-likeness (QED) is 0.473. The van der Waals surface area contributed by atoms with Gasteiger partial charge in [-0.25, -0.2) is 0 Å². The topological polar surface area (TPSA) is 36.0 Å². The van der Waals surface area contributed by atoms with E-state index < -0.39 is 5.41 Å². The van der Waals surface area contributed by atoms with Crippen LogP contribution in [0.1, 0.15) is 64.9 Å². The van der Waals surface area contributed by atoms with Crippen molar-refractivity contribution in [1.82, 2.24) is 9.80 Å². The van der Waals surface area contributed by atoms with Crippen LogP contribution in [0.4, 0.5) is 5.69 Å². The number of piperidine rings is 1. The summed E-state index contributed by atoms with van der Waals surface area (Å²) in [6.45, 7) is 15.2. The summed E-state index contributed by atoms with van der Waals surface area (Å²) in [5, 5.41) is 1.08. The van der Waals surface area contributed by atoms with E-state index in [1.807, 2.05) is 17.0 Å². The molecular weight excluding hydrogens is 493 g/mol. The second-order valence-corrected chi connectivity index (χ2v) is 13.5. The number of nitrogens with zero attached hydrogens (tertiary/aromatic N) is 3. The molecule has 1 spiro atoms. The minimum Gasteiger partial charge on any atom is -0.379 e. The van der Waals surface area contributed by atoms with Gasteiger partial charge >= 0.3 is 0 Å². The zero-order valence-electron chi connectivity index (χ0n) is 22.3. The van der Waals surface area contributed by atoms with Gasteiger partial charge in [-0.3, -0.25) is 9.69 Å². The zero-order valence-corrected chi connectivity index (χ0v) is 23.8. The van der Waals surface area contributed by atoms with Crippen molar-refractivity contribution in [1.29, 1.82) is 0 Å². The molecule has 4 aliphatic rings. The van der Waals surface area contributed by atoms with Crippen molar-refractivity contribution in [2.24, 2.45) is 17.3 Å². The molecule has 0 radical (unpaired) electrons. The lowest BCUT2D eigenvalue weighted by molar-refractivity contribution is -0.125. The second kappa shape index (κ2) is 10.7. The van der Waals surface area contributed by atoms with Gasteiger partial charge in [0, 0.05) is 38.4 Å². The number of carbonyl (C=O) groups excluding carboxylic acids is 1. The van der Waals surface area contributed by atoms with E-state index in [0.717, 1.165) is 81.9 Å². The molecule has 0 atom stereocenters. The number of hydrogen-bond donors (Lipinski definition) is 0. The Morgan fingerprint density at radius 3 is 2.19 bits per heavy atom. The molecule has 7 heteroatoms. The SMILES string of the molecule is CC(C)(C)C1CCC(CN2CCC3(CC2)C(=O)N(CCN2CCOCC2)c2cc(Cl)c(Cl)cc23)CC1. The highest BCUT2D eigenvalue weighted by Crippen LogP contribution is 2.50. The first-order chi connectivity index (χ1) is 17.2. The molecule has 0 aromatic heterocycles. The molecule has 1 aromatic rings. The van der Waals surface area contributed by atoms with Crippen molar-refractivity contribution in [3.63, 3.8) is 0 Å². The summed E-state index contributed by atoms with van der Waals surface area (Å²) < 4.78 is 5.49. The van der Waals surface area contributed by atoms with E-state index in [2.05, 4.69) is 30.6 Å². The molecule has 200 valence electrons. The maximum Gasteiger partial charge on any atom is 0.237 e. The van der Waals surface area contributed by atoms with Gasteiger partial charge in [0.25, 0.3) is 0 Å². The maximum absolute atomic E-state index is 14.0. The van der Waals surface area contributed by atoms with Gasteiger partial charge in [0.1, 0.15) is 0 Å². The number of benzene rings is 1. The van der Waals surface area contributed by atoms with E-state index in [0.29, 0.717) is 22.0 Å². The molecule has 1 aliphatic carbocycles. The predicted octanol–water partition coefficient (Wildman–Crippen LogP) is 5.86. The fraction of sp³-hybridized carbons (Fsp3) is 0.759. The van der Waals surface area contributed by atoms with Gasteiger partial charge in [-0.05, 0) is 86.6 Å². The lowest BCUT2D eigenvalue weighted by atomic mass is 9.69. The first kappa shape index (κ1) is 26.7. The fourth-order valence-electron chi connectivity index (χ4n) is 7.09. The Balaban J connectivity index is 1.25. The third-order valence-corrected chi connectivity index (χ3v) is 10.3. The lowest BCUT2D eigenvalue weighted by Gasteiger charge is -2.42. The number of anilines is 1. The molecule has 0 bridgehead atoms. The van der Waals surface area contributed by atoms with Crippen LogP contribution < -0.4 is 4.90 Å². The number of hydrogen-bond acceptors (Lipinski definition) is 4. The Labute approximate surface area is 227 Å². The van der Waals surface area contributed by atoms with Crippen LogP contribution in [-0.4, -0.2) is 74.7 Å². The van der Waals surface area contributed by atoms with Crippen LogP contribution in [0, 0.1) is 17.3 Å². The molecule has 1 amide bonds. The van der Waals surface area contributed by atoms with E-state index in [1.54, 1.807) is 0 Å². The highest BCUT2D eigenvalue weighted by molar-refractivity contribution is 6.42. The standard InChI is InChI=1S/C29H43Cl2N3O2/c1-28(2,3)22-6-4-21(5-7-22)20-33-10-8-29(9-11-33)23-18-24(30)25(31)19-26(23)34(27(29)35)13-12-32-14-16-36-17-15-32/h18-19,21-22H,4-17,20H2,1-3H3. The third kappa shape index (κ3) is 5.33. The molecule has 3 fully saturated rings. The number of rotatable bonds is 5. The van der Waals surface area contributed by atoms with Gasteiger partial charge in [-0.15, -0.1) is 0 Å². The number of ether oxygens (including phenoxy) is 1. The summed E-state index contributed by atoms with van der Waals surface area (Å²) in [5.74, 6) is 1.89. The van der Waals surface area contributed by atoms with Crippen LogP contribution >= 0.6 is 23.2 Å². The van der Waals surface area contributed by atoms with E-state index in [4.69, 9.17) is 27.9 Å². The van der Waals surface area contributed by atoms with E-state index in [9.17, 15) is 4.79 Å². The Morgan fingerprint density at radius 2 is 1.56 bits per heavy atom. The summed E-state index contributed by atoms with van der Waals surface area (Å²) in [6.07, 6.45) is 7.12. The largest absolute Gasteiger partial charge is 0.379 e. The summed E-state index contributed by atoms with van der Waals surface area (Å²) in [7, 11) is 0. The van der Waals surface area contributed by atoms with Gasteiger partial charge < -0.3 is 14.5 Å². The molecule has 1 saturated carbocycles. The fourth-order valence-corrected chi connectivity index (χ4v) is 7.41. The Hall–Kier alpha value is -0.850. The highest BCUT2D eigenvalue weighted by Gasteiger charge is 2.52. The number of carbonyl (C=O) groups is 1. The molecular formula is C29H43Cl2N3O2. The maximum atomic E-state index is 14.0. The molecule has 36 heavy (non-hydrogen) atoms. The van der Waals surface area contributed by atoms with Crippen LogP contribution in [0.2, 0.25) is 10.0 Å². The van der Waals surface area contributed by atoms with Gasteiger partial charge in [-0.1, -0.05) is 44.0 Å². The molecule has 0 N–H and O–H groups in total. The van der Waals surface area contributed by atoms with Crippen molar-refractivity contribution in [2.45, 2.75) is 64.7 Å². The van der Waals surface area contributed by atoms with Gasteiger partial charge in [0.2, 0.25) is 5.91 Å². The normalized spacial score (nSPS) is 27.6. The van der Waals surface area contributed by atoms with Crippen molar-refractivity contribution in [3.8, 4) is 0 Å². The molecule has 3 heterocycles. The molecule has 0 unspecified atom stereocenters. The van der Waals surface area contributed by atoms with Crippen molar-refractivity contribution < 1.29 is 9.53 Å². The highest BCUT2D eigenvalue weighted by atomic mass is 35.5. The predicted molar refractivity (Wildman–Crippen MR) is 148 cm³/mol. The molecule has 1 aromatic carbocycles. The van der Waals surface area contributed by atoms with Crippen molar-refractivity contribution in [3.05, 3.63) is 27.7 Å². The minimum absolute atomic E-state index is 0.245. The van der Waals surface area contributed by atoms with Gasteiger partial charge in [-0.2, -0.15) is 0 Å². The van der Waals surface area contributed by atoms with Crippen LogP contribution in [0.15, 0.2) is 12.1 Å². The number of amides is 1. The minimum atomic E-state index is -0.463. The Bertz CT molecular complexity index is 941. The number of fused-ring (bicyclic) bond motifs is 2. The lowest BCUT2D eigenvalue weighted by Crippen LogP contribution is -2.51. The molecule has 2 saturated heterocycles. The Kier molecular flexibility index (Phi) is 7.97. The van der Waals surface area contributed by atoms with E-state index in [-0.39, 0.29) is 5.91 Å². The first-order valence-electron chi connectivity index (χ1n) is 14.0. The Morgan fingerprint density at radius 1 is 0.917 bits per heavy atom. The van der Waals surface area contributed by atoms with Crippen molar-refractivity contribution in [2.75, 3.05) is 63.9 Å². The van der Waals surface area contributed by atoms with Crippen LogP contribution in [0.5, 0.6) is 0 Å². The van der Waals surface area contributed by atoms with Gasteiger partial charge in [0.05, 0.1) is 28.7 Å². The zero-order chi connectivity index (χ0) is 25.5. The number of morpholine rings is 1. The molecule has 5 nitrogen and oxygen atoms in total.